The number of morpholine rings is 1. The van der Waals surface area contributed by atoms with Crippen molar-refractivity contribution < 1.29 is 18.8 Å². The Labute approximate surface area is 156 Å². The number of likely N-dealkylation sites (tertiary alicyclic amines) is 1. The number of aromatic nitrogens is 1. The third kappa shape index (κ3) is 2.51. The molecule has 27 heavy (non-hydrogen) atoms. The van der Waals surface area contributed by atoms with Crippen LogP contribution in [0.4, 0.5) is 11.5 Å². The number of para-hydroxylation sites is 1. The van der Waals surface area contributed by atoms with Crippen molar-refractivity contribution in [3.63, 3.8) is 0 Å². The number of carbonyl (C=O) groups is 2. The molecule has 140 valence electrons. The van der Waals surface area contributed by atoms with Gasteiger partial charge in [-0.25, -0.2) is 0 Å². The molecule has 2 amide bonds. The largest absolute Gasteiger partial charge is 0.378 e. The van der Waals surface area contributed by atoms with Gasteiger partial charge >= 0.3 is 0 Å². The maximum atomic E-state index is 12.9. The van der Waals surface area contributed by atoms with Crippen LogP contribution in [0.25, 0.3) is 0 Å². The van der Waals surface area contributed by atoms with Gasteiger partial charge in [0.05, 0.1) is 18.6 Å². The van der Waals surface area contributed by atoms with Crippen molar-refractivity contribution in [3.8, 4) is 0 Å². The summed E-state index contributed by atoms with van der Waals surface area (Å²) in [4.78, 5) is 29.3. The van der Waals surface area contributed by atoms with Gasteiger partial charge in [-0.2, -0.15) is 0 Å². The predicted octanol–water partition coefficient (Wildman–Crippen LogP) is 1.25. The Kier molecular flexibility index (Phi) is 3.68. The van der Waals surface area contributed by atoms with E-state index in [1.165, 1.54) is 0 Å². The number of ether oxygens (including phenoxy) is 1. The van der Waals surface area contributed by atoms with E-state index in [-0.39, 0.29) is 17.6 Å². The van der Waals surface area contributed by atoms with E-state index in [4.69, 9.17) is 9.26 Å². The van der Waals surface area contributed by atoms with Crippen LogP contribution < -0.4 is 10.2 Å². The number of nitrogens with zero attached hydrogens (tertiary/aromatic N) is 3. The van der Waals surface area contributed by atoms with Crippen LogP contribution in [0.2, 0.25) is 0 Å². The summed E-state index contributed by atoms with van der Waals surface area (Å²) in [6, 6.07) is 9.37. The standard InChI is InChI=1S/C19H20N4O4/c24-17(15-11-16(21-27-15)22-7-9-26-10-8-22)23-6-5-19(12-23)13-3-1-2-4-14(13)20-18(19)25/h1-4,11H,5-10,12H2,(H,20,25). The fourth-order valence-electron chi connectivity index (χ4n) is 4.23. The van der Waals surface area contributed by atoms with Gasteiger partial charge in [-0.3, -0.25) is 9.59 Å². The molecule has 8 heteroatoms. The summed E-state index contributed by atoms with van der Waals surface area (Å²) >= 11 is 0. The van der Waals surface area contributed by atoms with E-state index in [2.05, 4.69) is 10.5 Å². The number of fused-ring (bicyclic) bond motifs is 2. The second kappa shape index (κ2) is 6.09. The first-order valence-corrected chi connectivity index (χ1v) is 9.17. The molecule has 0 bridgehead atoms. The normalized spacial score (nSPS) is 24.4. The van der Waals surface area contributed by atoms with E-state index in [1.807, 2.05) is 29.2 Å². The number of anilines is 2. The highest BCUT2D eigenvalue weighted by atomic mass is 16.5. The average Bonchev–Trinajstić information content (AvgIpc) is 3.42. The predicted molar refractivity (Wildman–Crippen MR) is 96.8 cm³/mol. The van der Waals surface area contributed by atoms with Gasteiger partial charge in [0.25, 0.3) is 5.91 Å². The van der Waals surface area contributed by atoms with Crippen LogP contribution in [-0.4, -0.2) is 61.3 Å². The van der Waals surface area contributed by atoms with E-state index in [9.17, 15) is 9.59 Å². The fraction of sp³-hybridized carbons (Fsp3) is 0.421. The first-order chi connectivity index (χ1) is 13.2. The molecule has 1 aromatic heterocycles. The van der Waals surface area contributed by atoms with Gasteiger partial charge in [0, 0.05) is 37.9 Å². The molecule has 2 fully saturated rings. The summed E-state index contributed by atoms with van der Waals surface area (Å²) in [5.74, 6) is 0.599. The number of amides is 2. The molecule has 2 aromatic rings. The maximum absolute atomic E-state index is 12.9. The highest BCUT2D eigenvalue weighted by Crippen LogP contribution is 2.44. The van der Waals surface area contributed by atoms with Gasteiger partial charge in [-0.1, -0.05) is 23.4 Å². The third-order valence-electron chi connectivity index (χ3n) is 5.73. The van der Waals surface area contributed by atoms with Crippen molar-refractivity contribution in [3.05, 3.63) is 41.7 Å². The highest BCUT2D eigenvalue weighted by molar-refractivity contribution is 6.07. The van der Waals surface area contributed by atoms with Gasteiger partial charge in [0.1, 0.15) is 0 Å². The molecule has 1 spiro atoms. The first-order valence-electron chi connectivity index (χ1n) is 9.17. The van der Waals surface area contributed by atoms with Gasteiger partial charge < -0.3 is 24.4 Å². The molecule has 1 aromatic carbocycles. The Morgan fingerprint density at radius 1 is 1.19 bits per heavy atom. The van der Waals surface area contributed by atoms with Crippen LogP contribution in [0, 0.1) is 0 Å². The number of hydrogen-bond donors (Lipinski definition) is 1. The summed E-state index contributed by atoms with van der Waals surface area (Å²) in [6.45, 7) is 3.59. The lowest BCUT2D eigenvalue weighted by molar-refractivity contribution is -0.120. The van der Waals surface area contributed by atoms with Crippen LogP contribution in [0.5, 0.6) is 0 Å². The zero-order valence-corrected chi connectivity index (χ0v) is 14.8. The summed E-state index contributed by atoms with van der Waals surface area (Å²) in [7, 11) is 0. The molecule has 1 unspecified atom stereocenters. The molecule has 0 saturated carbocycles. The molecule has 3 aliphatic heterocycles. The quantitative estimate of drug-likeness (QED) is 0.858. The Balaban J connectivity index is 1.36. The molecule has 1 atom stereocenters. The topological polar surface area (TPSA) is 87.9 Å². The van der Waals surface area contributed by atoms with Gasteiger partial charge in [-0.15, -0.1) is 0 Å². The average molecular weight is 368 g/mol. The zero-order valence-electron chi connectivity index (χ0n) is 14.8. The molecule has 8 nitrogen and oxygen atoms in total. The lowest BCUT2D eigenvalue weighted by Gasteiger charge is -2.25. The maximum Gasteiger partial charge on any atom is 0.292 e. The second-order valence-electron chi connectivity index (χ2n) is 7.21. The molecule has 4 heterocycles. The van der Waals surface area contributed by atoms with E-state index in [1.54, 1.807) is 11.0 Å². The van der Waals surface area contributed by atoms with Crippen molar-refractivity contribution >= 4 is 23.3 Å². The van der Waals surface area contributed by atoms with Crippen LogP contribution in [0.15, 0.2) is 34.9 Å². The molecule has 0 aliphatic carbocycles. The Bertz CT molecular complexity index is 905. The van der Waals surface area contributed by atoms with E-state index in [0.29, 0.717) is 38.5 Å². The molecule has 0 radical (unpaired) electrons. The second-order valence-corrected chi connectivity index (χ2v) is 7.21. The van der Waals surface area contributed by atoms with E-state index >= 15 is 0 Å². The molecule has 3 aliphatic rings. The minimum Gasteiger partial charge on any atom is -0.378 e. The molecular weight excluding hydrogens is 348 g/mol. The summed E-state index contributed by atoms with van der Waals surface area (Å²) < 4.78 is 10.7. The lowest BCUT2D eigenvalue weighted by Crippen LogP contribution is -2.39. The first kappa shape index (κ1) is 16.3. The van der Waals surface area contributed by atoms with Gasteiger partial charge in [-0.05, 0) is 18.1 Å². The van der Waals surface area contributed by atoms with Crippen molar-refractivity contribution in [2.45, 2.75) is 11.8 Å². The molecule has 2 saturated heterocycles. The lowest BCUT2D eigenvalue weighted by atomic mass is 9.81. The van der Waals surface area contributed by atoms with Crippen molar-refractivity contribution in [1.29, 1.82) is 0 Å². The number of carbonyl (C=O) groups excluding carboxylic acids is 2. The Morgan fingerprint density at radius 3 is 2.85 bits per heavy atom. The summed E-state index contributed by atoms with van der Waals surface area (Å²) in [5.41, 5.74) is 1.14. The Morgan fingerprint density at radius 2 is 2.00 bits per heavy atom. The zero-order chi connectivity index (χ0) is 18.4. The van der Waals surface area contributed by atoms with E-state index < -0.39 is 5.41 Å². The number of rotatable bonds is 2. The van der Waals surface area contributed by atoms with Crippen LogP contribution in [0.1, 0.15) is 22.5 Å². The molecular formula is C19H20N4O4. The van der Waals surface area contributed by atoms with E-state index in [0.717, 1.165) is 24.3 Å². The third-order valence-corrected chi connectivity index (χ3v) is 5.73. The summed E-state index contributed by atoms with van der Waals surface area (Å²) in [6.07, 6.45) is 0.603. The van der Waals surface area contributed by atoms with Crippen molar-refractivity contribution in [2.75, 3.05) is 49.6 Å². The van der Waals surface area contributed by atoms with Gasteiger partial charge in [0.15, 0.2) is 5.82 Å². The molecule has 1 N–H and O–H groups in total. The fourth-order valence-corrected chi connectivity index (χ4v) is 4.23. The Hall–Kier alpha value is -2.87. The van der Waals surface area contributed by atoms with Crippen LogP contribution in [-0.2, 0) is 14.9 Å². The van der Waals surface area contributed by atoms with Crippen molar-refractivity contribution in [2.24, 2.45) is 0 Å². The van der Waals surface area contributed by atoms with Crippen molar-refractivity contribution in [1.82, 2.24) is 10.1 Å². The SMILES string of the molecule is O=C(c1cc(N2CCOCC2)no1)N1CCC2(C1)C(=O)Nc1ccccc12. The van der Waals surface area contributed by atoms with Gasteiger partial charge in [0.2, 0.25) is 11.7 Å². The minimum absolute atomic E-state index is 0.0365. The number of hydrogen-bond acceptors (Lipinski definition) is 6. The summed E-state index contributed by atoms with van der Waals surface area (Å²) in [5, 5.41) is 6.99. The number of benzene rings is 1. The smallest absolute Gasteiger partial charge is 0.292 e. The van der Waals surface area contributed by atoms with Crippen LogP contribution in [0.3, 0.4) is 0 Å². The minimum atomic E-state index is -0.667. The number of nitrogens with one attached hydrogen (secondary N) is 1. The molecule has 5 rings (SSSR count). The monoisotopic (exact) mass is 368 g/mol. The highest BCUT2D eigenvalue weighted by Gasteiger charge is 2.52. The van der Waals surface area contributed by atoms with Crippen LogP contribution >= 0.6 is 0 Å².